The number of hydrogen-bond donors (Lipinski definition) is 1. The van der Waals surface area contributed by atoms with Gasteiger partial charge in [-0.1, -0.05) is 38.1 Å². The van der Waals surface area contributed by atoms with Crippen molar-refractivity contribution in [2.45, 2.75) is 26.7 Å². The van der Waals surface area contributed by atoms with E-state index < -0.39 is 0 Å². The van der Waals surface area contributed by atoms with Crippen molar-refractivity contribution in [2.24, 2.45) is 0 Å². The highest BCUT2D eigenvalue weighted by Gasteiger charge is 2.05. The molecule has 1 aromatic carbocycles. The molecule has 0 aliphatic carbocycles. The normalized spacial score (nSPS) is 11.2. The van der Waals surface area contributed by atoms with Crippen LogP contribution in [0.2, 0.25) is 0 Å². The van der Waals surface area contributed by atoms with Crippen LogP contribution >= 0.6 is 0 Å². The molecule has 18 heavy (non-hydrogen) atoms. The van der Waals surface area contributed by atoms with E-state index in [1.165, 1.54) is 12.7 Å². The molecule has 0 spiro atoms. The van der Waals surface area contributed by atoms with Gasteiger partial charge in [-0.15, -0.1) is 0 Å². The lowest BCUT2D eigenvalue weighted by Gasteiger charge is -2.09. The summed E-state index contributed by atoms with van der Waals surface area (Å²) in [6.45, 7) is 4.71. The van der Waals surface area contributed by atoms with Gasteiger partial charge in [0.05, 0.1) is 7.11 Å². The molecule has 1 rings (SSSR count). The van der Waals surface area contributed by atoms with E-state index in [9.17, 15) is 4.79 Å². The summed E-state index contributed by atoms with van der Waals surface area (Å²) in [5.41, 5.74) is 3.11. The fourth-order valence-electron chi connectivity index (χ4n) is 1.79. The number of para-hydroxylation sites is 1. The van der Waals surface area contributed by atoms with Crippen LogP contribution in [0.5, 0.6) is 0 Å². The molecule has 0 aliphatic heterocycles. The smallest absolute Gasteiger partial charge is 0.333 e. The van der Waals surface area contributed by atoms with Crippen LogP contribution in [-0.4, -0.2) is 19.6 Å². The van der Waals surface area contributed by atoms with Crippen molar-refractivity contribution in [2.75, 3.05) is 19.0 Å². The fourth-order valence-corrected chi connectivity index (χ4v) is 1.79. The number of carbonyl (C=O) groups excluding carboxylic acids is 1. The molecule has 0 atom stereocenters. The number of hydrogen-bond acceptors (Lipinski definition) is 3. The number of benzene rings is 1. The molecule has 0 bridgehead atoms. The summed E-state index contributed by atoms with van der Waals surface area (Å²) in [7, 11) is 1.41. The molecular weight excluding hydrogens is 226 g/mol. The maximum atomic E-state index is 11.4. The Kier molecular flexibility index (Phi) is 5.98. The number of esters is 1. The molecule has 1 N–H and O–H groups in total. The molecule has 1 aromatic rings. The first kappa shape index (κ1) is 14.3. The minimum absolute atomic E-state index is 0.247. The monoisotopic (exact) mass is 247 g/mol. The van der Waals surface area contributed by atoms with E-state index in [2.05, 4.69) is 24.4 Å². The number of methoxy groups -OCH3 is 1. The van der Waals surface area contributed by atoms with Gasteiger partial charge in [0.15, 0.2) is 0 Å². The van der Waals surface area contributed by atoms with Crippen LogP contribution in [-0.2, 0) is 16.0 Å². The van der Waals surface area contributed by atoms with Crippen molar-refractivity contribution in [3.05, 3.63) is 41.5 Å². The second-order valence-corrected chi connectivity index (χ2v) is 3.97. The Morgan fingerprint density at radius 2 is 2.06 bits per heavy atom. The van der Waals surface area contributed by atoms with Crippen molar-refractivity contribution >= 4 is 11.7 Å². The Balaban J connectivity index is 2.64. The van der Waals surface area contributed by atoms with Gasteiger partial charge in [-0.2, -0.15) is 0 Å². The summed E-state index contributed by atoms with van der Waals surface area (Å²) >= 11 is 0. The molecule has 98 valence electrons. The van der Waals surface area contributed by atoms with Gasteiger partial charge in [0.1, 0.15) is 0 Å². The summed E-state index contributed by atoms with van der Waals surface area (Å²) in [6, 6.07) is 8.20. The number of rotatable bonds is 6. The van der Waals surface area contributed by atoms with Crippen LogP contribution in [0.15, 0.2) is 35.9 Å². The van der Waals surface area contributed by atoms with Gasteiger partial charge in [0, 0.05) is 17.8 Å². The zero-order valence-electron chi connectivity index (χ0n) is 11.3. The third-order valence-corrected chi connectivity index (χ3v) is 2.87. The lowest BCUT2D eigenvalue weighted by atomic mass is 10.1. The molecule has 3 nitrogen and oxygen atoms in total. The van der Waals surface area contributed by atoms with E-state index in [1.54, 1.807) is 0 Å². The zero-order valence-corrected chi connectivity index (χ0v) is 11.3. The van der Waals surface area contributed by atoms with Crippen molar-refractivity contribution in [3.63, 3.8) is 0 Å². The zero-order chi connectivity index (χ0) is 13.4. The van der Waals surface area contributed by atoms with E-state index in [0.29, 0.717) is 18.5 Å². The predicted octanol–water partition coefficient (Wildman–Crippen LogP) is 3.17. The second-order valence-electron chi connectivity index (χ2n) is 3.97. The summed E-state index contributed by atoms with van der Waals surface area (Å²) in [6.07, 6.45) is 3.56. The average Bonchev–Trinajstić information content (AvgIpc) is 2.43. The highest BCUT2D eigenvalue weighted by molar-refractivity contribution is 5.88. The maximum absolute atomic E-state index is 11.4. The Bertz CT molecular complexity index is 424. The molecule has 0 saturated heterocycles. The van der Waals surface area contributed by atoms with Crippen LogP contribution in [0.3, 0.4) is 0 Å². The van der Waals surface area contributed by atoms with Crippen LogP contribution < -0.4 is 5.32 Å². The largest absolute Gasteiger partial charge is 0.466 e. The molecule has 0 saturated carbocycles. The Labute approximate surface area is 109 Å². The van der Waals surface area contributed by atoms with E-state index >= 15 is 0 Å². The van der Waals surface area contributed by atoms with E-state index in [1.807, 2.05) is 25.1 Å². The summed E-state index contributed by atoms with van der Waals surface area (Å²) in [4.78, 5) is 11.4. The number of aryl methyl sites for hydroxylation is 1. The Hall–Kier alpha value is -1.77. The van der Waals surface area contributed by atoms with Gasteiger partial charge in [-0.25, -0.2) is 4.79 Å². The van der Waals surface area contributed by atoms with Gasteiger partial charge in [-0.05, 0) is 24.5 Å². The minimum atomic E-state index is -0.247. The highest BCUT2D eigenvalue weighted by atomic mass is 16.5. The number of carbonyl (C=O) groups is 1. The lowest BCUT2D eigenvalue weighted by molar-refractivity contribution is -0.136. The molecule has 0 unspecified atom stereocenters. The van der Waals surface area contributed by atoms with E-state index in [-0.39, 0.29) is 5.97 Å². The van der Waals surface area contributed by atoms with Crippen LogP contribution in [0, 0.1) is 0 Å². The quantitative estimate of drug-likeness (QED) is 0.620. The molecule has 0 aromatic heterocycles. The molecule has 0 fully saturated rings. The highest BCUT2D eigenvalue weighted by Crippen LogP contribution is 2.15. The number of anilines is 1. The summed E-state index contributed by atoms with van der Waals surface area (Å²) in [5, 5.41) is 3.32. The third kappa shape index (κ3) is 3.91. The summed E-state index contributed by atoms with van der Waals surface area (Å²) < 4.78 is 4.72. The van der Waals surface area contributed by atoms with Gasteiger partial charge in [-0.3, -0.25) is 0 Å². The van der Waals surface area contributed by atoms with Crippen LogP contribution in [0.4, 0.5) is 5.69 Å². The Morgan fingerprint density at radius 1 is 1.33 bits per heavy atom. The lowest BCUT2D eigenvalue weighted by Crippen LogP contribution is -2.08. The summed E-state index contributed by atoms with van der Waals surface area (Å²) in [5.74, 6) is -0.247. The van der Waals surface area contributed by atoms with Crippen molar-refractivity contribution in [1.29, 1.82) is 0 Å². The fraction of sp³-hybridized carbons (Fsp3) is 0.400. The van der Waals surface area contributed by atoms with Gasteiger partial charge >= 0.3 is 5.97 Å². The van der Waals surface area contributed by atoms with E-state index in [0.717, 1.165) is 12.1 Å². The first-order valence-electron chi connectivity index (χ1n) is 6.32. The average molecular weight is 247 g/mol. The first-order valence-corrected chi connectivity index (χ1v) is 6.32. The maximum Gasteiger partial charge on any atom is 0.333 e. The number of nitrogens with one attached hydrogen (secondary N) is 1. The van der Waals surface area contributed by atoms with Gasteiger partial charge in [0.25, 0.3) is 0 Å². The standard InChI is InChI=1S/C15H21NO2/c1-4-12-8-6-7-9-14(12)16-11-10-13(5-2)15(17)18-3/h6-10,16H,4-5,11H2,1-3H3/b13-10-. The minimum Gasteiger partial charge on any atom is -0.466 e. The van der Waals surface area contributed by atoms with Gasteiger partial charge in [0.2, 0.25) is 0 Å². The van der Waals surface area contributed by atoms with E-state index in [4.69, 9.17) is 4.74 Å². The SMILES string of the molecule is CC/C(=C/CNc1ccccc1CC)C(=O)OC. The molecule has 0 aliphatic rings. The van der Waals surface area contributed by atoms with Crippen LogP contribution in [0.25, 0.3) is 0 Å². The molecule has 0 amide bonds. The number of ether oxygens (including phenoxy) is 1. The molecule has 0 radical (unpaired) electrons. The van der Waals surface area contributed by atoms with Crippen molar-refractivity contribution < 1.29 is 9.53 Å². The first-order chi connectivity index (χ1) is 8.72. The third-order valence-electron chi connectivity index (χ3n) is 2.87. The predicted molar refractivity (Wildman–Crippen MR) is 74.7 cm³/mol. The topological polar surface area (TPSA) is 38.3 Å². The molecule has 3 heteroatoms. The van der Waals surface area contributed by atoms with Crippen LogP contribution in [0.1, 0.15) is 25.8 Å². The second kappa shape index (κ2) is 7.54. The molecule has 0 heterocycles. The van der Waals surface area contributed by atoms with Crippen molar-refractivity contribution in [1.82, 2.24) is 0 Å². The Morgan fingerprint density at radius 3 is 2.67 bits per heavy atom. The van der Waals surface area contributed by atoms with Crippen molar-refractivity contribution in [3.8, 4) is 0 Å². The molecular formula is C15H21NO2. The van der Waals surface area contributed by atoms with Gasteiger partial charge < -0.3 is 10.1 Å².